The van der Waals surface area contributed by atoms with Crippen LogP contribution in [-0.2, 0) is 6.42 Å². The summed E-state index contributed by atoms with van der Waals surface area (Å²) < 4.78 is 9.80. The summed E-state index contributed by atoms with van der Waals surface area (Å²) in [4.78, 5) is 31.9. The Bertz CT molecular complexity index is 1150. The van der Waals surface area contributed by atoms with E-state index in [4.69, 9.17) is 9.72 Å². The molecule has 1 aliphatic heterocycles. The minimum Gasteiger partial charge on any atom is -0.497 e. The lowest BCUT2D eigenvalue weighted by atomic mass is 10.1. The number of piperazine rings is 1. The first kappa shape index (κ1) is 23.6. The summed E-state index contributed by atoms with van der Waals surface area (Å²) in [6.45, 7) is 4.59. The van der Waals surface area contributed by atoms with Gasteiger partial charge in [0.2, 0.25) is 5.13 Å². The minimum atomic E-state index is -0.504. The van der Waals surface area contributed by atoms with E-state index < -0.39 is 4.92 Å². The van der Waals surface area contributed by atoms with Crippen molar-refractivity contribution in [2.24, 2.45) is 0 Å². The van der Waals surface area contributed by atoms with Gasteiger partial charge in [0, 0.05) is 74.9 Å². The van der Waals surface area contributed by atoms with Gasteiger partial charge in [-0.3, -0.25) is 19.8 Å². The van der Waals surface area contributed by atoms with Crippen molar-refractivity contribution in [1.29, 1.82) is 0 Å². The predicted octanol–water partition coefficient (Wildman–Crippen LogP) is 2.60. The van der Waals surface area contributed by atoms with Crippen LogP contribution in [0.3, 0.4) is 0 Å². The molecule has 0 atom stereocenters. The topological polar surface area (TPSA) is 114 Å². The van der Waals surface area contributed by atoms with Crippen LogP contribution in [0.15, 0.2) is 48.5 Å². The molecule has 1 aliphatic rings. The van der Waals surface area contributed by atoms with Crippen molar-refractivity contribution in [1.82, 2.24) is 19.6 Å². The molecule has 34 heavy (non-hydrogen) atoms. The highest BCUT2D eigenvalue weighted by atomic mass is 32.1. The number of methoxy groups -OCH3 is 1. The molecule has 1 saturated heterocycles. The molecule has 0 radical (unpaired) electrons. The highest BCUT2D eigenvalue weighted by molar-refractivity contribution is 7.09. The third kappa shape index (κ3) is 6.06. The number of anilines is 1. The lowest BCUT2D eigenvalue weighted by molar-refractivity contribution is -0.384. The first-order valence-corrected chi connectivity index (χ1v) is 11.7. The van der Waals surface area contributed by atoms with E-state index in [0.29, 0.717) is 25.1 Å². The summed E-state index contributed by atoms with van der Waals surface area (Å²) in [5, 5.41) is 14.7. The maximum Gasteiger partial charge on any atom is 0.270 e. The molecule has 1 aromatic heterocycles. The van der Waals surface area contributed by atoms with Crippen molar-refractivity contribution in [3.8, 4) is 5.75 Å². The number of rotatable bonds is 9. The number of nitro benzene ring substituents is 1. The van der Waals surface area contributed by atoms with Crippen molar-refractivity contribution in [2.45, 2.75) is 6.42 Å². The van der Waals surface area contributed by atoms with Crippen LogP contribution in [0.2, 0.25) is 0 Å². The average molecular weight is 483 g/mol. The van der Waals surface area contributed by atoms with E-state index >= 15 is 0 Å². The molecule has 0 bridgehead atoms. The Morgan fingerprint density at radius 1 is 1.18 bits per heavy atom. The molecule has 1 amide bonds. The Kier molecular flexibility index (Phi) is 7.65. The number of aromatic nitrogens is 2. The maximum absolute atomic E-state index is 12.3. The Balaban J connectivity index is 1.21. The minimum absolute atomic E-state index is 0.0906. The van der Waals surface area contributed by atoms with Crippen molar-refractivity contribution in [3.05, 3.63) is 75.6 Å². The third-order valence-corrected chi connectivity index (χ3v) is 6.44. The van der Waals surface area contributed by atoms with Gasteiger partial charge in [-0.1, -0.05) is 18.2 Å². The highest BCUT2D eigenvalue weighted by Gasteiger charge is 2.20. The zero-order valence-electron chi connectivity index (χ0n) is 18.8. The lowest BCUT2D eigenvalue weighted by Crippen LogP contribution is -2.48. The van der Waals surface area contributed by atoms with Crippen LogP contribution in [0.25, 0.3) is 0 Å². The fourth-order valence-electron chi connectivity index (χ4n) is 3.76. The van der Waals surface area contributed by atoms with Gasteiger partial charge in [-0.25, -0.2) is 4.98 Å². The summed E-state index contributed by atoms with van der Waals surface area (Å²) >= 11 is 1.42. The van der Waals surface area contributed by atoms with E-state index in [-0.39, 0.29) is 11.6 Å². The maximum atomic E-state index is 12.3. The normalized spacial score (nSPS) is 14.1. The number of hydrogen-bond donors (Lipinski definition) is 1. The summed E-state index contributed by atoms with van der Waals surface area (Å²) in [5.41, 5.74) is 1.31. The molecule has 1 fully saturated rings. The fraction of sp³-hybridized carbons (Fsp3) is 0.348. The van der Waals surface area contributed by atoms with Crippen LogP contribution >= 0.6 is 11.5 Å². The second-order valence-electron chi connectivity index (χ2n) is 7.91. The summed E-state index contributed by atoms with van der Waals surface area (Å²) in [6, 6.07) is 13.7. The second-order valence-corrected chi connectivity index (χ2v) is 8.64. The van der Waals surface area contributed by atoms with Gasteiger partial charge in [0.25, 0.3) is 11.6 Å². The summed E-state index contributed by atoms with van der Waals surface area (Å²) in [6.07, 6.45) is 0.665. The molecule has 2 aromatic carbocycles. The number of carbonyl (C=O) groups is 1. The molecule has 0 spiro atoms. The number of nitro groups is 1. The van der Waals surface area contributed by atoms with E-state index in [0.717, 1.165) is 48.4 Å². The van der Waals surface area contributed by atoms with Gasteiger partial charge in [-0.05, 0) is 23.8 Å². The van der Waals surface area contributed by atoms with Gasteiger partial charge in [0.1, 0.15) is 11.6 Å². The molecule has 0 saturated carbocycles. The third-order valence-electron chi connectivity index (χ3n) is 5.63. The van der Waals surface area contributed by atoms with Crippen molar-refractivity contribution in [2.75, 3.05) is 51.3 Å². The number of carbonyl (C=O) groups excluding carboxylic acids is 1. The molecule has 0 aliphatic carbocycles. The fourth-order valence-corrected chi connectivity index (χ4v) is 4.50. The zero-order chi connectivity index (χ0) is 23.9. The van der Waals surface area contributed by atoms with Crippen LogP contribution in [0, 0.1) is 10.1 Å². The zero-order valence-corrected chi connectivity index (χ0v) is 19.7. The molecule has 2 heterocycles. The van der Waals surface area contributed by atoms with Crippen LogP contribution in [0.5, 0.6) is 5.75 Å². The molecule has 3 aromatic rings. The number of hydrogen-bond acceptors (Lipinski definition) is 9. The Morgan fingerprint density at radius 3 is 2.74 bits per heavy atom. The number of benzene rings is 2. The van der Waals surface area contributed by atoms with Crippen LogP contribution < -0.4 is 15.0 Å². The van der Waals surface area contributed by atoms with Crippen LogP contribution in [0.4, 0.5) is 10.8 Å². The Morgan fingerprint density at radius 2 is 1.97 bits per heavy atom. The van der Waals surface area contributed by atoms with E-state index in [1.807, 2.05) is 24.3 Å². The van der Waals surface area contributed by atoms with E-state index in [1.165, 1.54) is 29.7 Å². The van der Waals surface area contributed by atoms with Gasteiger partial charge in [0.05, 0.1) is 12.0 Å². The number of non-ortho nitro benzene ring substituents is 1. The highest BCUT2D eigenvalue weighted by Crippen LogP contribution is 2.21. The van der Waals surface area contributed by atoms with Crippen molar-refractivity contribution >= 4 is 28.3 Å². The first-order chi connectivity index (χ1) is 16.5. The molecule has 11 heteroatoms. The van der Waals surface area contributed by atoms with Gasteiger partial charge in [0.15, 0.2) is 0 Å². The lowest BCUT2D eigenvalue weighted by Gasteiger charge is -2.34. The monoisotopic (exact) mass is 482 g/mol. The van der Waals surface area contributed by atoms with Gasteiger partial charge >= 0.3 is 0 Å². The van der Waals surface area contributed by atoms with Gasteiger partial charge < -0.3 is 15.0 Å². The van der Waals surface area contributed by atoms with E-state index in [1.54, 1.807) is 13.2 Å². The van der Waals surface area contributed by atoms with E-state index in [2.05, 4.69) is 19.5 Å². The van der Waals surface area contributed by atoms with E-state index in [9.17, 15) is 14.9 Å². The molecule has 4 rings (SSSR count). The SMILES string of the molecule is COc1cccc(Cc2nsc(N3CCN(CCNC(=O)c4cccc([N+](=O)[O-])c4)CC3)n2)c1. The quantitative estimate of drug-likeness (QED) is 0.366. The summed E-state index contributed by atoms with van der Waals surface area (Å²) in [7, 11) is 1.66. The van der Waals surface area contributed by atoms with Crippen molar-refractivity contribution < 1.29 is 14.5 Å². The molecule has 10 nitrogen and oxygen atoms in total. The number of ether oxygens (including phenoxy) is 1. The number of amides is 1. The molecule has 178 valence electrons. The first-order valence-electron chi connectivity index (χ1n) is 11.0. The number of nitrogens with one attached hydrogen (secondary N) is 1. The van der Waals surface area contributed by atoms with Crippen LogP contribution in [-0.4, -0.2) is 71.5 Å². The second kappa shape index (κ2) is 11.0. The largest absolute Gasteiger partial charge is 0.497 e. The van der Waals surface area contributed by atoms with Crippen molar-refractivity contribution in [3.63, 3.8) is 0 Å². The summed E-state index contributed by atoms with van der Waals surface area (Å²) in [5.74, 6) is 1.32. The van der Waals surface area contributed by atoms with Crippen LogP contribution in [0.1, 0.15) is 21.7 Å². The number of nitrogens with zero attached hydrogens (tertiary/aromatic N) is 5. The molecule has 1 N–H and O–H groups in total. The Labute approximate surface area is 201 Å². The molecule has 0 unspecified atom stereocenters. The standard InChI is InChI=1S/C23H26N6O4S/c1-33-20-7-2-4-17(14-20)15-21-25-23(34-26-21)28-12-10-27(11-13-28)9-8-24-22(30)18-5-3-6-19(16-18)29(31)32/h2-7,14,16H,8-13,15H2,1H3,(H,24,30). The predicted molar refractivity (Wildman–Crippen MR) is 130 cm³/mol. The molecular formula is C23H26N6O4S. The Hall–Kier alpha value is -3.57. The molecular weight excluding hydrogens is 456 g/mol. The van der Waals surface area contributed by atoms with Gasteiger partial charge in [-0.2, -0.15) is 4.37 Å². The average Bonchev–Trinajstić information content (AvgIpc) is 3.33. The smallest absolute Gasteiger partial charge is 0.270 e. The van der Waals surface area contributed by atoms with Gasteiger partial charge in [-0.15, -0.1) is 0 Å².